The molecule has 0 unspecified atom stereocenters. The van der Waals surface area contributed by atoms with Crippen molar-refractivity contribution in [2.75, 3.05) is 21.3 Å². The zero-order valence-corrected chi connectivity index (χ0v) is 15.4. The Morgan fingerprint density at radius 3 is 2.32 bits per heavy atom. The number of ether oxygens (including phenoxy) is 3. The molecule has 0 aromatic heterocycles. The number of rotatable bonds is 7. The van der Waals surface area contributed by atoms with Crippen LogP contribution in [0.15, 0.2) is 46.4 Å². The van der Waals surface area contributed by atoms with Crippen molar-refractivity contribution in [1.29, 1.82) is 0 Å². The number of benzene rings is 2. The molecular formula is C16H17ClN2O5S. The first kappa shape index (κ1) is 18.9. The second-order valence-electron chi connectivity index (χ2n) is 4.76. The SMILES string of the molecule is COc1ccc(OC)c(/C=N/NS(=O)(=O)c2cc(Cl)ccc2OC)c1. The summed E-state index contributed by atoms with van der Waals surface area (Å²) >= 11 is 5.87. The lowest BCUT2D eigenvalue weighted by molar-refractivity contribution is 0.402. The summed E-state index contributed by atoms with van der Waals surface area (Å²) < 4.78 is 40.2. The summed E-state index contributed by atoms with van der Waals surface area (Å²) in [6.45, 7) is 0. The number of hydrazone groups is 1. The van der Waals surface area contributed by atoms with Crippen molar-refractivity contribution >= 4 is 27.8 Å². The van der Waals surface area contributed by atoms with E-state index in [1.165, 1.54) is 45.7 Å². The van der Waals surface area contributed by atoms with E-state index in [-0.39, 0.29) is 15.7 Å². The molecular weight excluding hydrogens is 368 g/mol. The number of nitrogens with one attached hydrogen (secondary N) is 1. The first-order chi connectivity index (χ1) is 11.9. The zero-order valence-electron chi connectivity index (χ0n) is 13.8. The molecule has 0 radical (unpaired) electrons. The van der Waals surface area contributed by atoms with Crippen LogP contribution in [0.25, 0.3) is 0 Å². The Balaban J connectivity index is 2.28. The van der Waals surface area contributed by atoms with Crippen LogP contribution in [0.4, 0.5) is 0 Å². The van der Waals surface area contributed by atoms with Gasteiger partial charge in [-0.15, -0.1) is 0 Å². The van der Waals surface area contributed by atoms with Gasteiger partial charge < -0.3 is 14.2 Å². The molecule has 0 atom stereocenters. The summed E-state index contributed by atoms with van der Waals surface area (Å²) in [7, 11) is 0.432. The van der Waals surface area contributed by atoms with Gasteiger partial charge in [-0.25, -0.2) is 0 Å². The first-order valence-corrected chi connectivity index (χ1v) is 8.88. The van der Waals surface area contributed by atoms with Crippen LogP contribution in [0.3, 0.4) is 0 Å². The fraction of sp³-hybridized carbons (Fsp3) is 0.188. The van der Waals surface area contributed by atoms with Gasteiger partial charge in [-0.05, 0) is 36.4 Å². The minimum Gasteiger partial charge on any atom is -0.497 e. The molecule has 0 amide bonds. The van der Waals surface area contributed by atoms with Gasteiger partial charge in [0.25, 0.3) is 10.0 Å². The molecule has 0 heterocycles. The summed E-state index contributed by atoms with van der Waals surface area (Å²) in [5.41, 5.74) is 0.544. The number of hydrogen-bond acceptors (Lipinski definition) is 6. The zero-order chi connectivity index (χ0) is 18.4. The highest BCUT2D eigenvalue weighted by molar-refractivity contribution is 7.89. The van der Waals surface area contributed by atoms with Gasteiger partial charge in [-0.2, -0.15) is 18.4 Å². The molecule has 2 aromatic rings. The summed E-state index contributed by atoms with van der Waals surface area (Å²) in [5.74, 6) is 1.26. The summed E-state index contributed by atoms with van der Waals surface area (Å²) in [5, 5.41) is 4.05. The summed E-state index contributed by atoms with van der Waals surface area (Å²) in [6.07, 6.45) is 1.32. The first-order valence-electron chi connectivity index (χ1n) is 7.01. The molecule has 25 heavy (non-hydrogen) atoms. The fourth-order valence-electron chi connectivity index (χ4n) is 2.02. The van der Waals surface area contributed by atoms with Crippen LogP contribution in [0, 0.1) is 0 Å². The van der Waals surface area contributed by atoms with Crippen molar-refractivity contribution in [2.24, 2.45) is 5.10 Å². The van der Waals surface area contributed by atoms with E-state index < -0.39 is 10.0 Å². The molecule has 2 aromatic carbocycles. The lowest BCUT2D eigenvalue weighted by atomic mass is 10.2. The predicted molar refractivity (Wildman–Crippen MR) is 95.5 cm³/mol. The van der Waals surface area contributed by atoms with Crippen LogP contribution in [-0.2, 0) is 10.0 Å². The molecule has 0 aliphatic heterocycles. The number of hydrogen-bond donors (Lipinski definition) is 1. The van der Waals surface area contributed by atoms with Crippen LogP contribution in [0.5, 0.6) is 17.2 Å². The average Bonchev–Trinajstić information content (AvgIpc) is 2.61. The topological polar surface area (TPSA) is 86.2 Å². The monoisotopic (exact) mass is 384 g/mol. The van der Waals surface area contributed by atoms with Gasteiger partial charge in [0.15, 0.2) is 0 Å². The number of sulfonamides is 1. The molecule has 0 saturated heterocycles. The Kier molecular flexibility index (Phi) is 6.11. The highest BCUT2D eigenvalue weighted by Crippen LogP contribution is 2.27. The third-order valence-corrected chi connectivity index (χ3v) is 4.71. The van der Waals surface area contributed by atoms with E-state index in [1.807, 2.05) is 0 Å². The number of nitrogens with zero attached hydrogens (tertiary/aromatic N) is 1. The number of methoxy groups -OCH3 is 3. The Bertz CT molecular complexity index is 884. The lowest BCUT2D eigenvalue weighted by Crippen LogP contribution is -2.19. The molecule has 9 heteroatoms. The summed E-state index contributed by atoms with van der Waals surface area (Å²) in [4.78, 5) is 2.01. The second kappa shape index (κ2) is 8.09. The van der Waals surface area contributed by atoms with Crippen molar-refractivity contribution in [3.63, 3.8) is 0 Å². The van der Waals surface area contributed by atoms with E-state index in [4.69, 9.17) is 25.8 Å². The fourth-order valence-corrected chi connectivity index (χ4v) is 3.24. The van der Waals surface area contributed by atoms with Gasteiger partial charge in [-0.3, -0.25) is 0 Å². The third-order valence-electron chi connectivity index (χ3n) is 3.23. The van der Waals surface area contributed by atoms with E-state index >= 15 is 0 Å². The molecule has 1 N–H and O–H groups in total. The predicted octanol–water partition coefficient (Wildman–Crippen LogP) is 2.68. The lowest BCUT2D eigenvalue weighted by Gasteiger charge is -2.09. The van der Waals surface area contributed by atoms with Crippen LogP contribution < -0.4 is 19.0 Å². The van der Waals surface area contributed by atoms with Crippen LogP contribution in [-0.4, -0.2) is 36.0 Å². The minimum atomic E-state index is -3.96. The standard InChI is InChI=1S/C16H17ClN2O5S/c1-22-13-5-7-14(23-2)11(8-13)10-18-19-25(20,21)16-9-12(17)4-6-15(16)24-3/h4-10,19H,1-3H3/b18-10+. The van der Waals surface area contributed by atoms with Crippen LogP contribution >= 0.6 is 11.6 Å². The molecule has 0 aliphatic carbocycles. The Morgan fingerprint density at radius 1 is 1.00 bits per heavy atom. The average molecular weight is 385 g/mol. The molecule has 134 valence electrons. The van der Waals surface area contributed by atoms with Crippen molar-refractivity contribution < 1.29 is 22.6 Å². The highest BCUT2D eigenvalue weighted by Gasteiger charge is 2.19. The van der Waals surface area contributed by atoms with Gasteiger partial charge in [0.2, 0.25) is 0 Å². The molecule has 0 bridgehead atoms. The molecule has 0 aliphatic rings. The maximum absolute atomic E-state index is 12.4. The third kappa shape index (κ3) is 4.55. The van der Waals surface area contributed by atoms with Crippen LogP contribution in [0.2, 0.25) is 5.02 Å². The van der Waals surface area contributed by atoms with Gasteiger partial charge in [0.1, 0.15) is 22.1 Å². The van der Waals surface area contributed by atoms with E-state index in [1.54, 1.807) is 18.2 Å². The largest absolute Gasteiger partial charge is 0.497 e. The maximum Gasteiger partial charge on any atom is 0.280 e. The van der Waals surface area contributed by atoms with Gasteiger partial charge in [-0.1, -0.05) is 11.6 Å². The van der Waals surface area contributed by atoms with E-state index in [0.717, 1.165) is 0 Å². The van der Waals surface area contributed by atoms with E-state index in [2.05, 4.69) is 9.93 Å². The highest BCUT2D eigenvalue weighted by atomic mass is 35.5. The van der Waals surface area contributed by atoms with Crippen molar-refractivity contribution in [3.05, 3.63) is 47.0 Å². The molecule has 0 fully saturated rings. The molecule has 0 spiro atoms. The number of halogens is 1. The van der Waals surface area contributed by atoms with Gasteiger partial charge in [0.05, 0.1) is 27.5 Å². The summed E-state index contributed by atoms with van der Waals surface area (Å²) in [6, 6.07) is 9.35. The smallest absolute Gasteiger partial charge is 0.280 e. The quantitative estimate of drug-likeness (QED) is 0.586. The Labute approximate surface area is 151 Å². The van der Waals surface area contributed by atoms with E-state index in [0.29, 0.717) is 17.1 Å². The maximum atomic E-state index is 12.4. The van der Waals surface area contributed by atoms with Crippen LogP contribution in [0.1, 0.15) is 5.56 Å². The van der Waals surface area contributed by atoms with Crippen molar-refractivity contribution in [1.82, 2.24) is 4.83 Å². The molecule has 0 saturated carbocycles. The minimum absolute atomic E-state index is 0.114. The Morgan fingerprint density at radius 2 is 1.68 bits per heavy atom. The van der Waals surface area contributed by atoms with Gasteiger partial charge in [0, 0.05) is 10.6 Å². The van der Waals surface area contributed by atoms with Crippen molar-refractivity contribution in [2.45, 2.75) is 4.90 Å². The van der Waals surface area contributed by atoms with E-state index in [9.17, 15) is 8.42 Å². The van der Waals surface area contributed by atoms with Crippen molar-refractivity contribution in [3.8, 4) is 17.2 Å². The van der Waals surface area contributed by atoms with Gasteiger partial charge >= 0.3 is 0 Å². The Hall–Kier alpha value is -2.45. The molecule has 7 nitrogen and oxygen atoms in total. The molecule has 2 rings (SSSR count). The second-order valence-corrected chi connectivity index (χ2v) is 6.82. The normalized spacial score (nSPS) is 11.4.